The molecule has 0 aromatic heterocycles. The van der Waals surface area contributed by atoms with E-state index in [1.807, 2.05) is 0 Å². The molecule has 3 rings (SSSR count). The van der Waals surface area contributed by atoms with Crippen molar-refractivity contribution in [3.63, 3.8) is 0 Å². The fourth-order valence-corrected chi connectivity index (χ4v) is 5.58. The van der Waals surface area contributed by atoms with Gasteiger partial charge in [0.05, 0.1) is 5.56 Å². The standard InChI is InChI=1S/C22H28O8/c1-9(8-23)12-15(25)13-14(18(28)16(12)26)22(5)7-6-11(30-10(2)24)21(3,4)20(22)19(29)17(13)27/h9,11,20,23,25-26,28H,6-8H2,1-5H3/t9-,11+,20-,22-/m1/s1. The SMILES string of the molecule is CC(=O)O[C@H]1CC[C@]2(C)c3c(O)c(O)c([C@H](C)CO)c(O)c3C(=O)C(=O)[C@@H]2C1(C)C. The first-order valence-corrected chi connectivity index (χ1v) is 9.98. The summed E-state index contributed by atoms with van der Waals surface area (Å²) < 4.78 is 5.42. The number of aliphatic hydroxyl groups is 1. The number of esters is 1. The number of Topliss-reactive ketones (excluding diaryl/α,β-unsaturated/α-hetero) is 2. The Hall–Kier alpha value is -2.61. The number of ether oxygens (including phenoxy) is 1. The van der Waals surface area contributed by atoms with Crippen LogP contribution < -0.4 is 0 Å². The van der Waals surface area contributed by atoms with E-state index in [9.17, 15) is 34.8 Å². The minimum Gasteiger partial charge on any atom is -0.507 e. The lowest BCUT2D eigenvalue weighted by Crippen LogP contribution is -2.60. The second-order valence-electron chi connectivity index (χ2n) is 9.30. The van der Waals surface area contributed by atoms with Crippen molar-refractivity contribution in [3.05, 3.63) is 16.7 Å². The van der Waals surface area contributed by atoms with E-state index in [1.54, 1.807) is 20.8 Å². The molecule has 164 valence electrons. The maximum absolute atomic E-state index is 13.3. The van der Waals surface area contributed by atoms with E-state index in [-0.39, 0.29) is 23.1 Å². The minimum atomic E-state index is -1.08. The summed E-state index contributed by atoms with van der Waals surface area (Å²) in [5.41, 5.74) is -2.50. The van der Waals surface area contributed by atoms with Crippen LogP contribution in [0, 0.1) is 11.3 Å². The van der Waals surface area contributed by atoms with E-state index < -0.39 is 70.2 Å². The Bertz CT molecular complexity index is 947. The lowest BCUT2D eigenvalue weighted by Gasteiger charge is -2.55. The van der Waals surface area contributed by atoms with Crippen LogP contribution in [-0.2, 0) is 19.7 Å². The highest BCUT2D eigenvalue weighted by Gasteiger charge is 2.62. The van der Waals surface area contributed by atoms with Gasteiger partial charge in [-0.2, -0.15) is 0 Å². The fourth-order valence-electron chi connectivity index (χ4n) is 5.58. The van der Waals surface area contributed by atoms with E-state index >= 15 is 0 Å². The largest absolute Gasteiger partial charge is 0.507 e. The number of fused-ring (bicyclic) bond motifs is 3. The van der Waals surface area contributed by atoms with Gasteiger partial charge in [-0.1, -0.05) is 27.7 Å². The molecule has 1 aromatic rings. The van der Waals surface area contributed by atoms with Gasteiger partial charge in [0.15, 0.2) is 11.5 Å². The highest BCUT2D eigenvalue weighted by atomic mass is 16.5. The van der Waals surface area contributed by atoms with Gasteiger partial charge in [0.1, 0.15) is 11.9 Å². The van der Waals surface area contributed by atoms with Gasteiger partial charge in [-0.25, -0.2) is 0 Å². The number of hydrogen-bond acceptors (Lipinski definition) is 8. The zero-order valence-corrected chi connectivity index (χ0v) is 17.8. The monoisotopic (exact) mass is 420 g/mol. The van der Waals surface area contributed by atoms with Crippen LogP contribution in [0.25, 0.3) is 0 Å². The first-order valence-electron chi connectivity index (χ1n) is 9.98. The molecule has 8 nitrogen and oxygen atoms in total. The molecular formula is C22H28O8. The number of aliphatic hydroxyl groups excluding tert-OH is 1. The molecule has 1 saturated carbocycles. The summed E-state index contributed by atoms with van der Waals surface area (Å²) >= 11 is 0. The molecule has 0 aliphatic heterocycles. The molecule has 0 heterocycles. The summed E-state index contributed by atoms with van der Waals surface area (Å²) in [6, 6.07) is 0. The Morgan fingerprint density at radius 3 is 2.27 bits per heavy atom. The van der Waals surface area contributed by atoms with Crippen LogP contribution in [-0.4, -0.2) is 50.7 Å². The summed E-state index contributed by atoms with van der Waals surface area (Å²) in [7, 11) is 0. The average molecular weight is 420 g/mol. The van der Waals surface area contributed by atoms with E-state index in [4.69, 9.17) is 4.74 Å². The van der Waals surface area contributed by atoms with Gasteiger partial charge in [0.2, 0.25) is 11.6 Å². The second kappa shape index (κ2) is 6.97. The van der Waals surface area contributed by atoms with Crippen molar-refractivity contribution in [1.29, 1.82) is 0 Å². The molecule has 2 aliphatic rings. The number of carbonyl (C=O) groups excluding carboxylic acids is 3. The molecule has 30 heavy (non-hydrogen) atoms. The predicted octanol–water partition coefficient (Wildman–Crippen LogP) is 2.29. The van der Waals surface area contributed by atoms with Crippen molar-refractivity contribution in [3.8, 4) is 17.2 Å². The molecule has 0 spiro atoms. The number of benzene rings is 1. The van der Waals surface area contributed by atoms with Crippen LogP contribution in [0.2, 0.25) is 0 Å². The smallest absolute Gasteiger partial charge is 0.302 e. The Balaban J connectivity index is 2.31. The first-order chi connectivity index (χ1) is 13.8. The van der Waals surface area contributed by atoms with E-state index in [0.29, 0.717) is 6.42 Å². The first kappa shape index (κ1) is 22.1. The number of hydrogen-bond donors (Lipinski definition) is 4. The Kier molecular flexibility index (Phi) is 5.13. The van der Waals surface area contributed by atoms with Crippen molar-refractivity contribution in [2.24, 2.45) is 11.3 Å². The van der Waals surface area contributed by atoms with Gasteiger partial charge in [0, 0.05) is 47.3 Å². The highest BCUT2D eigenvalue weighted by molar-refractivity contribution is 6.47. The van der Waals surface area contributed by atoms with Crippen LogP contribution in [0.3, 0.4) is 0 Å². The summed E-state index contributed by atoms with van der Waals surface area (Å²) in [6.07, 6.45) is 0.0484. The van der Waals surface area contributed by atoms with Gasteiger partial charge in [-0.15, -0.1) is 0 Å². The van der Waals surface area contributed by atoms with Crippen LogP contribution in [0.1, 0.15) is 74.9 Å². The van der Waals surface area contributed by atoms with Crippen molar-refractivity contribution >= 4 is 17.5 Å². The third kappa shape index (κ3) is 2.80. The van der Waals surface area contributed by atoms with Crippen molar-refractivity contribution in [2.75, 3.05) is 6.61 Å². The van der Waals surface area contributed by atoms with Crippen molar-refractivity contribution < 1.29 is 39.5 Å². The summed E-state index contributed by atoms with van der Waals surface area (Å²) in [5, 5.41) is 41.8. The third-order valence-corrected chi connectivity index (χ3v) is 6.95. The lowest BCUT2D eigenvalue weighted by atomic mass is 9.48. The predicted molar refractivity (Wildman–Crippen MR) is 106 cm³/mol. The quantitative estimate of drug-likeness (QED) is 0.253. The van der Waals surface area contributed by atoms with Crippen LogP contribution in [0.15, 0.2) is 0 Å². The maximum atomic E-state index is 13.3. The Labute approximate surface area is 174 Å². The molecule has 0 unspecified atom stereocenters. The zero-order chi connectivity index (χ0) is 22.8. The van der Waals surface area contributed by atoms with Gasteiger partial charge >= 0.3 is 5.97 Å². The number of rotatable bonds is 3. The molecule has 8 heteroatoms. The number of phenols is 3. The van der Waals surface area contributed by atoms with Gasteiger partial charge in [0.25, 0.3) is 0 Å². The number of ketones is 2. The average Bonchev–Trinajstić information content (AvgIpc) is 2.64. The van der Waals surface area contributed by atoms with Gasteiger partial charge in [-0.3, -0.25) is 14.4 Å². The van der Waals surface area contributed by atoms with Crippen LogP contribution in [0.5, 0.6) is 17.2 Å². The van der Waals surface area contributed by atoms with E-state index in [1.165, 1.54) is 13.8 Å². The Morgan fingerprint density at radius 1 is 1.13 bits per heavy atom. The van der Waals surface area contributed by atoms with Crippen molar-refractivity contribution in [2.45, 2.75) is 64.9 Å². The molecule has 0 bridgehead atoms. The molecule has 0 amide bonds. The normalized spacial score (nSPS) is 28.5. The molecule has 1 aromatic carbocycles. The second-order valence-corrected chi connectivity index (χ2v) is 9.30. The summed E-state index contributed by atoms with van der Waals surface area (Å²) in [5.74, 6) is -5.70. The van der Waals surface area contributed by atoms with E-state index in [0.717, 1.165) is 0 Å². The summed E-state index contributed by atoms with van der Waals surface area (Å²) in [4.78, 5) is 37.9. The molecule has 1 fully saturated rings. The number of carbonyl (C=O) groups is 3. The highest BCUT2D eigenvalue weighted by Crippen LogP contribution is 2.61. The number of aromatic hydroxyl groups is 3. The van der Waals surface area contributed by atoms with Crippen LogP contribution >= 0.6 is 0 Å². The Morgan fingerprint density at radius 2 is 1.73 bits per heavy atom. The van der Waals surface area contributed by atoms with Gasteiger partial charge < -0.3 is 25.2 Å². The summed E-state index contributed by atoms with van der Waals surface area (Å²) in [6.45, 7) is 7.51. The molecule has 4 atom stereocenters. The van der Waals surface area contributed by atoms with Crippen molar-refractivity contribution in [1.82, 2.24) is 0 Å². The molecule has 0 radical (unpaired) electrons. The molecule has 4 N–H and O–H groups in total. The van der Waals surface area contributed by atoms with Gasteiger partial charge in [-0.05, 0) is 12.8 Å². The lowest BCUT2D eigenvalue weighted by molar-refractivity contribution is -0.166. The topological polar surface area (TPSA) is 141 Å². The fraction of sp³-hybridized carbons (Fsp3) is 0.591. The minimum absolute atomic E-state index is 0.0235. The third-order valence-electron chi connectivity index (χ3n) is 6.95. The molecule has 0 saturated heterocycles. The maximum Gasteiger partial charge on any atom is 0.302 e. The van der Waals surface area contributed by atoms with Crippen LogP contribution in [0.4, 0.5) is 0 Å². The van der Waals surface area contributed by atoms with E-state index in [2.05, 4.69) is 0 Å². The molecule has 2 aliphatic carbocycles. The zero-order valence-electron chi connectivity index (χ0n) is 17.8. The molecular weight excluding hydrogens is 392 g/mol. The number of phenolic OH excluding ortho intramolecular Hbond substituents is 3.